The molecule has 2 heterocycles. The number of thiazole rings is 1. The van der Waals surface area contributed by atoms with Crippen LogP contribution in [0.4, 0.5) is 5.13 Å². The van der Waals surface area contributed by atoms with Crippen LogP contribution in [0.15, 0.2) is 28.3 Å². The number of pyridine rings is 1. The van der Waals surface area contributed by atoms with Gasteiger partial charge < -0.3 is 0 Å². The Hall–Kier alpha value is -1.78. The van der Waals surface area contributed by atoms with E-state index in [1.165, 1.54) is 23.6 Å². The van der Waals surface area contributed by atoms with Gasteiger partial charge in [0.25, 0.3) is 5.91 Å². The molecule has 0 aliphatic heterocycles. The van der Waals surface area contributed by atoms with Gasteiger partial charge in [0.2, 0.25) is 0 Å². The summed E-state index contributed by atoms with van der Waals surface area (Å²) in [4.78, 5) is 19.6. The Bertz CT molecular complexity index is 587. The fraction of sp³-hybridized carbons (Fsp3) is 0. The third kappa shape index (κ3) is 2.87. The summed E-state index contributed by atoms with van der Waals surface area (Å²) >= 11 is 4.56. The lowest BCUT2D eigenvalue weighted by molar-refractivity contribution is 0.102. The summed E-state index contributed by atoms with van der Waals surface area (Å²) in [5.41, 5.74) is 0.661. The van der Waals surface area contributed by atoms with Gasteiger partial charge in [0.05, 0.1) is 15.5 Å². The highest BCUT2D eigenvalue weighted by Crippen LogP contribution is 2.23. The summed E-state index contributed by atoms with van der Waals surface area (Å²) in [7, 11) is 0. The molecule has 2 rings (SSSR count). The summed E-state index contributed by atoms with van der Waals surface area (Å²) in [6.45, 7) is 0. The molecule has 0 unspecified atom stereocenters. The minimum atomic E-state index is -0.351. The van der Waals surface area contributed by atoms with Crippen molar-refractivity contribution in [3.05, 3.63) is 39.6 Å². The zero-order valence-electron chi connectivity index (χ0n) is 8.35. The van der Waals surface area contributed by atoms with E-state index in [9.17, 15) is 4.79 Å². The number of nitrogens with one attached hydrogen (secondary N) is 1. The molecular formula is C10H5BrN4OS. The summed E-state index contributed by atoms with van der Waals surface area (Å²) in [5.74, 6) is -0.351. The molecule has 2 aromatic heterocycles. The van der Waals surface area contributed by atoms with Crippen LogP contribution in [0.1, 0.15) is 16.1 Å². The van der Waals surface area contributed by atoms with E-state index in [0.29, 0.717) is 10.7 Å². The standard InChI is InChI=1S/C10H5BrN4OS/c11-8-5-14-10(17-8)15-9(16)7-2-1-6(3-12)4-13-7/h1-2,4-5H,(H,14,15,16). The van der Waals surface area contributed by atoms with Crippen molar-refractivity contribution >= 4 is 38.3 Å². The number of aromatic nitrogens is 2. The number of amides is 1. The van der Waals surface area contributed by atoms with Gasteiger partial charge in [-0.25, -0.2) is 9.97 Å². The zero-order chi connectivity index (χ0) is 12.3. The first kappa shape index (κ1) is 11.7. The molecule has 0 atom stereocenters. The van der Waals surface area contributed by atoms with Gasteiger partial charge in [0.1, 0.15) is 11.8 Å². The van der Waals surface area contributed by atoms with Crippen LogP contribution in [0.5, 0.6) is 0 Å². The minimum Gasteiger partial charge on any atom is -0.296 e. The maximum atomic E-state index is 11.7. The van der Waals surface area contributed by atoms with Crippen molar-refractivity contribution in [2.75, 3.05) is 5.32 Å². The number of hydrogen-bond acceptors (Lipinski definition) is 5. The number of anilines is 1. The molecule has 0 bridgehead atoms. The number of carbonyl (C=O) groups excluding carboxylic acids is 1. The van der Waals surface area contributed by atoms with E-state index in [-0.39, 0.29) is 11.6 Å². The predicted octanol–water partition coefficient (Wildman–Crippen LogP) is 2.42. The van der Waals surface area contributed by atoms with Crippen LogP contribution in [0.2, 0.25) is 0 Å². The molecule has 7 heteroatoms. The molecule has 5 nitrogen and oxygen atoms in total. The van der Waals surface area contributed by atoms with Crippen molar-refractivity contribution in [1.82, 2.24) is 9.97 Å². The first-order valence-electron chi connectivity index (χ1n) is 4.48. The highest BCUT2D eigenvalue weighted by atomic mass is 79.9. The minimum absolute atomic E-state index is 0.246. The molecule has 0 aliphatic carbocycles. The highest BCUT2D eigenvalue weighted by Gasteiger charge is 2.09. The Balaban J connectivity index is 2.12. The van der Waals surface area contributed by atoms with E-state index in [1.54, 1.807) is 12.3 Å². The van der Waals surface area contributed by atoms with E-state index >= 15 is 0 Å². The van der Waals surface area contributed by atoms with Crippen molar-refractivity contribution < 1.29 is 4.79 Å². The van der Waals surface area contributed by atoms with Crippen molar-refractivity contribution in [3.8, 4) is 6.07 Å². The van der Waals surface area contributed by atoms with Crippen LogP contribution >= 0.6 is 27.3 Å². The van der Waals surface area contributed by atoms with E-state index in [4.69, 9.17) is 5.26 Å². The fourth-order valence-corrected chi connectivity index (χ4v) is 2.17. The topological polar surface area (TPSA) is 78.7 Å². The lowest BCUT2D eigenvalue weighted by atomic mass is 10.2. The summed E-state index contributed by atoms with van der Waals surface area (Å²) in [6, 6.07) is 4.97. The van der Waals surface area contributed by atoms with Crippen LogP contribution in [0.3, 0.4) is 0 Å². The molecule has 1 amide bonds. The molecule has 0 radical (unpaired) electrons. The van der Waals surface area contributed by atoms with Crippen molar-refractivity contribution in [2.45, 2.75) is 0 Å². The van der Waals surface area contributed by atoms with Gasteiger partial charge in [-0.15, -0.1) is 0 Å². The van der Waals surface area contributed by atoms with E-state index in [1.807, 2.05) is 6.07 Å². The lowest BCUT2D eigenvalue weighted by Crippen LogP contribution is -2.13. The third-order valence-electron chi connectivity index (χ3n) is 1.82. The molecule has 17 heavy (non-hydrogen) atoms. The number of hydrogen-bond donors (Lipinski definition) is 1. The Kier molecular flexibility index (Phi) is 3.46. The predicted molar refractivity (Wildman–Crippen MR) is 66.7 cm³/mol. The smallest absolute Gasteiger partial charge is 0.276 e. The quantitative estimate of drug-likeness (QED) is 0.924. The van der Waals surface area contributed by atoms with E-state index in [2.05, 4.69) is 31.2 Å². The molecule has 0 saturated heterocycles. The number of nitrogens with zero attached hydrogens (tertiary/aromatic N) is 3. The summed E-state index contributed by atoms with van der Waals surface area (Å²) in [6.07, 6.45) is 2.96. The fourth-order valence-electron chi connectivity index (χ4n) is 1.07. The average Bonchev–Trinajstić information content (AvgIpc) is 2.75. The van der Waals surface area contributed by atoms with Gasteiger partial charge in [-0.05, 0) is 28.1 Å². The van der Waals surface area contributed by atoms with Gasteiger partial charge in [-0.3, -0.25) is 10.1 Å². The Morgan fingerprint density at radius 3 is 2.76 bits per heavy atom. The average molecular weight is 309 g/mol. The first-order valence-corrected chi connectivity index (χ1v) is 6.09. The van der Waals surface area contributed by atoms with Gasteiger partial charge in [0, 0.05) is 6.20 Å². The van der Waals surface area contributed by atoms with E-state index in [0.717, 1.165) is 3.79 Å². The second-order valence-corrected chi connectivity index (χ2v) is 5.38. The van der Waals surface area contributed by atoms with Gasteiger partial charge in [-0.2, -0.15) is 5.26 Å². The van der Waals surface area contributed by atoms with Crippen molar-refractivity contribution in [1.29, 1.82) is 5.26 Å². The second-order valence-electron chi connectivity index (χ2n) is 2.97. The largest absolute Gasteiger partial charge is 0.296 e. The molecular weight excluding hydrogens is 304 g/mol. The lowest BCUT2D eigenvalue weighted by Gasteiger charge is -2.00. The molecule has 0 fully saturated rings. The summed E-state index contributed by atoms with van der Waals surface area (Å²) < 4.78 is 0.834. The Morgan fingerprint density at radius 2 is 2.24 bits per heavy atom. The normalized spacial score (nSPS) is 9.65. The van der Waals surface area contributed by atoms with Crippen LogP contribution < -0.4 is 5.32 Å². The summed E-state index contributed by atoms with van der Waals surface area (Å²) in [5, 5.41) is 11.7. The van der Waals surface area contributed by atoms with E-state index < -0.39 is 0 Å². The molecule has 0 saturated carbocycles. The van der Waals surface area contributed by atoms with Gasteiger partial charge in [0.15, 0.2) is 5.13 Å². The number of halogens is 1. The van der Waals surface area contributed by atoms with Crippen LogP contribution in [-0.4, -0.2) is 15.9 Å². The molecule has 0 spiro atoms. The maximum absolute atomic E-state index is 11.7. The van der Waals surface area contributed by atoms with Crippen LogP contribution in [-0.2, 0) is 0 Å². The maximum Gasteiger partial charge on any atom is 0.276 e. The first-order chi connectivity index (χ1) is 8.19. The number of rotatable bonds is 2. The van der Waals surface area contributed by atoms with Gasteiger partial charge >= 0.3 is 0 Å². The molecule has 0 aromatic carbocycles. The number of nitriles is 1. The Labute approximate surface area is 109 Å². The monoisotopic (exact) mass is 308 g/mol. The number of carbonyl (C=O) groups is 1. The van der Waals surface area contributed by atoms with Crippen LogP contribution in [0.25, 0.3) is 0 Å². The van der Waals surface area contributed by atoms with Gasteiger partial charge in [-0.1, -0.05) is 11.3 Å². The van der Waals surface area contributed by atoms with Crippen molar-refractivity contribution in [3.63, 3.8) is 0 Å². The third-order valence-corrected chi connectivity index (χ3v) is 3.21. The Morgan fingerprint density at radius 1 is 1.41 bits per heavy atom. The highest BCUT2D eigenvalue weighted by molar-refractivity contribution is 9.11. The molecule has 84 valence electrons. The molecule has 2 aromatic rings. The van der Waals surface area contributed by atoms with Crippen molar-refractivity contribution in [2.24, 2.45) is 0 Å². The molecule has 1 N–H and O–H groups in total. The van der Waals surface area contributed by atoms with Crippen LogP contribution in [0, 0.1) is 11.3 Å². The SMILES string of the molecule is N#Cc1ccc(C(=O)Nc2ncc(Br)s2)nc1. The molecule has 0 aliphatic rings. The second kappa shape index (κ2) is 5.03. The zero-order valence-corrected chi connectivity index (χ0v) is 10.7.